The Kier molecular flexibility index (Phi) is 4.90. The smallest absolute Gasteiger partial charge is 0.285 e. The predicted molar refractivity (Wildman–Crippen MR) is 86.5 cm³/mol. The van der Waals surface area contributed by atoms with Crippen LogP contribution < -0.4 is 10.9 Å². The average Bonchev–Trinajstić information content (AvgIpc) is 2.49. The molecule has 0 aliphatic carbocycles. The van der Waals surface area contributed by atoms with Crippen LogP contribution in [0.15, 0.2) is 47.4 Å². The molecule has 7 heteroatoms. The van der Waals surface area contributed by atoms with E-state index in [1.165, 1.54) is 0 Å². The lowest BCUT2D eigenvalue weighted by Gasteiger charge is -2.10. The molecule has 1 amide bonds. The van der Waals surface area contributed by atoms with Crippen molar-refractivity contribution in [2.24, 2.45) is 0 Å². The van der Waals surface area contributed by atoms with Gasteiger partial charge in [0.05, 0.1) is 11.1 Å². The summed E-state index contributed by atoms with van der Waals surface area (Å²) in [6.45, 7) is 3.81. The summed E-state index contributed by atoms with van der Waals surface area (Å²) in [6.07, 6.45) is 1.06. The molecule has 2 rings (SSSR count). The fourth-order valence-electron chi connectivity index (χ4n) is 2.08. The van der Waals surface area contributed by atoms with Gasteiger partial charge in [-0.3, -0.25) is 24.3 Å². The molecule has 0 fully saturated rings. The lowest BCUT2D eigenvalue weighted by Crippen LogP contribution is -2.27. The lowest BCUT2D eigenvalue weighted by molar-refractivity contribution is -0.385. The monoisotopic (exact) mass is 315 g/mol. The molecule has 0 spiro atoms. The standard InChI is InChI=1S/C16H17N3O4/c1-11(2)12-4-3-5-13(8-12)17-15(20)10-18-9-14(19(22)23)6-7-16(18)21/h3-9,11H,10H2,1-2H3,(H,17,20). The maximum absolute atomic E-state index is 12.1. The Morgan fingerprint density at radius 1 is 1.30 bits per heavy atom. The zero-order chi connectivity index (χ0) is 17.0. The van der Waals surface area contributed by atoms with E-state index in [9.17, 15) is 19.7 Å². The average molecular weight is 315 g/mol. The van der Waals surface area contributed by atoms with Crippen molar-refractivity contribution < 1.29 is 9.72 Å². The van der Waals surface area contributed by atoms with Gasteiger partial charge in [-0.25, -0.2) is 0 Å². The Balaban J connectivity index is 2.14. The van der Waals surface area contributed by atoms with Gasteiger partial charge in [-0.1, -0.05) is 26.0 Å². The number of amides is 1. The van der Waals surface area contributed by atoms with Crippen molar-refractivity contribution in [3.8, 4) is 0 Å². The van der Waals surface area contributed by atoms with Crippen LogP contribution in [0.25, 0.3) is 0 Å². The molecule has 0 atom stereocenters. The maximum atomic E-state index is 12.1. The van der Waals surface area contributed by atoms with Crippen LogP contribution in [0.3, 0.4) is 0 Å². The molecule has 120 valence electrons. The molecular weight excluding hydrogens is 298 g/mol. The van der Waals surface area contributed by atoms with E-state index in [1.54, 1.807) is 6.07 Å². The van der Waals surface area contributed by atoms with Crippen molar-refractivity contribution in [1.82, 2.24) is 4.57 Å². The Hall–Kier alpha value is -2.96. The summed E-state index contributed by atoms with van der Waals surface area (Å²) in [7, 11) is 0. The first kappa shape index (κ1) is 16.4. The SMILES string of the molecule is CC(C)c1cccc(NC(=O)Cn2cc([N+](=O)[O-])ccc2=O)c1. The molecule has 1 heterocycles. The van der Waals surface area contributed by atoms with Gasteiger partial charge in [0.25, 0.3) is 11.2 Å². The summed E-state index contributed by atoms with van der Waals surface area (Å²) < 4.78 is 1.01. The summed E-state index contributed by atoms with van der Waals surface area (Å²) in [5.74, 6) is -0.0975. The van der Waals surface area contributed by atoms with Gasteiger partial charge in [0, 0.05) is 17.8 Å². The van der Waals surface area contributed by atoms with Gasteiger partial charge in [-0.05, 0) is 23.6 Å². The fraction of sp³-hybridized carbons (Fsp3) is 0.250. The number of hydrogen-bond donors (Lipinski definition) is 1. The number of carbonyl (C=O) groups excluding carboxylic acids is 1. The Morgan fingerprint density at radius 2 is 2.04 bits per heavy atom. The molecule has 0 bridgehead atoms. The molecule has 0 aliphatic rings. The van der Waals surface area contributed by atoms with Crippen molar-refractivity contribution in [3.05, 3.63) is 68.6 Å². The minimum atomic E-state index is -0.611. The van der Waals surface area contributed by atoms with Crippen molar-refractivity contribution in [2.45, 2.75) is 26.3 Å². The minimum Gasteiger partial charge on any atom is -0.325 e. The highest BCUT2D eigenvalue weighted by Gasteiger charge is 2.11. The van der Waals surface area contributed by atoms with Gasteiger partial charge in [0.2, 0.25) is 5.91 Å². The highest BCUT2D eigenvalue weighted by Crippen LogP contribution is 2.18. The molecule has 1 N–H and O–H groups in total. The number of nitrogens with one attached hydrogen (secondary N) is 1. The van der Waals surface area contributed by atoms with E-state index in [4.69, 9.17) is 0 Å². The van der Waals surface area contributed by atoms with Gasteiger partial charge in [-0.15, -0.1) is 0 Å². The minimum absolute atomic E-state index is 0.237. The first-order valence-electron chi connectivity index (χ1n) is 7.11. The maximum Gasteiger partial charge on any atom is 0.285 e. The van der Waals surface area contributed by atoms with Gasteiger partial charge in [-0.2, -0.15) is 0 Å². The second kappa shape index (κ2) is 6.87. The van der Waals surface area contributed by atoms with Crippen LogP contribution in [0, 0.1) is 10.1 Å². The second-order valence-electron chi connectivity index (χ2n) is 5.44. The van der Waals surface area contributed by atoms with Crippen LogP contribution in [-0.2, 0) is 11.3 Å². The van der Waals surface area contributed by atoms with Gasteiger partial charge in [0.1, 0.15) is 6.54 Å². The highest BCUT2D eigenvalue weighted by molar-refractivity contribution is 5.90. The van der Waals surface area contributed by atoms with E-state index in [0.717, 1.165) is 28.5 Å². The summed E-state index contributed by atoms with van der Waals surface area (Å²) in [6, 6.07) is 9.60. The van der Waals surface area contributed by atoms with Crippen LogP contribution in [0.4, 0.5) is 11.4 Å². The van der Waals surface area contributed by atoms with Crippen molar-refractivity contribution >= 4 is 17.3 Å². The molecule has 0 unspecified atom stereocenters. The molecule has 1 aromatic carbocycles. The van der Waals surface area contributed by atoms with Crippen molar-refractivity contribution in [3.63, 3.8) is 0 Å². The van der Waals surface area contributed by atoms with E-state index in [2.05, 4.69) is 5.32 Å². The number of carbonyl (C=O) groups is 1. The third-order valence-corrected chi connectivity index (χ3v) is 3.33. The zero-order valence-corrected chi connectivity index (χ0v) is 12.9. The number of rotatable bonds is 5. The highest BCUT2D eigenvalue weighted by atomic mass is 16.6. The number of nitro groups is 1. The first-order valence-corrected chi connectivity index (χ1v) is 7.11. The number of benzene rings is 1. The van der Waals surface area contributed by atoms with Crippen LogP contribution in [0.2, 0.25) is 0 Å². The van der Waals surface area contributed by atoms with Crippen molar-refractivity contribution in [1.29, 1.82) is 0 Å². The van der Waals surface area contributed by atoms with Gasteiger partial charge >= 0.3 is 0 Å². The van der Waals surface area contributed by atoms with Crippen LogP contribution in [0.1, 0.15) is 25.3 Å². The molecule has 1 aromatic heterocycles. The normalized spacial score (nSPS) is 10.6. The summed E-state index contributed by atoms with van der Waals surface area (Å²) in [4.78, 5) is 33.9. The van der Waals surface area contributed by atoms with Gasteiger partial charge in [0.15, 0.2) is 0 Å². The number of anilines is 1. The first-order chi connectivity index (χ1) is 10.9. The van der Waals surface area contributed by atoms with E-state index in [0.29, 0.717) is 11.6 Å². The third-order valence-electron chi connectivity index (χ3n) is 3.33. The Bertz CT molecular complexity index is 796. The van der Waals surface area contributed by atoms with Crippen LogP contribution >= 0.6 is 0 Å². The molecular formula is C16H17N3O4. The van der Waals surface area contributed by atoms with Crippen LogP contribution in [-0.4, -0.2) is 15.4 Å². The van der Waals surface area contributed by atoms with E-state index in [-0.39, 0.29) is 12.2 Å². The largest absolute Gasteiger partial charge is 0.325 e. The molecule has 23 heavy (non-hydrogen) atoms. The predicted octanol–water partition coefficient (Wildman–Crippen LogP) is 2.52. The van der Waals surface area contributed by atoms with E-state index in [1.807, 2.05) is 32.0 Å². The summed E-state index contributed by atoms with van der Waals surface area (Å²) in [5, 5.41) is 13.4. The van der Waals surface area contributed by atoms with Gasteiger partial charge < -0.3 is 5.32 Å². The van der Waals surface area contributed by atoms with Crippen LogP contribution in [0.5, 0.6) is 0 Å². The van der Waals surface area contributed by atoms with E-state index >= 15 is 0 Å². The molecule has 0 saturated carbocycles. The third kappa shape index (κ3) is 4.26. The molecule has 0 saturated heterocycles. The zero-order valence-electron chi connectivity index (χ0n) is 12.9. The molecule has 0 aliphatic heterocycles. The molecule has 0 radical (unpaired) electrons. The number of aromatic nitrogens is 1. The number of nitrogens with zero attached hydrogens (tertiary/aromatic N) is 2. The Morgan fingerprint density at radius 3 is 2.70 bits per heavy atom. The quantitative estimate of drug-likeness (QED) is 0.677. The molecule has 7 nitrogen and oxygen atoms in total. The number of pyridine rings is 1. The summed E-state index contributed by atoms with van der Waals surface area (Å²) >= 11 is 0. The molecule has 2 aromatic rings. The topological polar surface area (TPSA) is 94.2 Å². The lowest BCUT2D eigenvalue weighted by atomic mass is 10.0. The second-order valence-corrected chi connectivity index (χ2v) is 5.44. The fourth-order valence-corrected chi connectivity index (χ4v) is 2.08. The van der Waals surface area contributed by atoms with E-state index < -0.39 is 16.4 Å². The Labute approximate surface area is 132 Å². The van der Waals surface area contributed by atoms with Crippen molar-refractivity contribution in [2.75, 3.05) is 5.32 Å². The number of hydrogen-bond acceptors (Lipinski definition) is 4. The summed E-state index contributed by atoms with van der Waals surface area (Å²) in [5.41, 5.74) is 0.996.